The van der Waals surface area contributed by atoms with Crippen LogP contribution in [0.15, 0.2) is 60.7 Å². The predicted molar refractivity (Wildman–Crippen MR) is 94.6 cm³/mol. The van der Waals surface area contributed by atoms with Crippen LogP contribution in [-0.4, -0.2) is 29.3 Å². The molecule has 2 heterocycles. The molecule has 23 heavy (non-hydrogen) atoms. The maximum Gasteiger partial charge on any atom is 0.136 e. The van der Waals surface area contributed by atoms with Gasteiger partial charge in [0.15, 0.2) is 0 Å². The zero-order chi connectivity index (χ0) is 15.8. The van der Waals surface area contributed by atoms with Gasteiger partial charge in [-0.05, 0) is 6.07 Å². The molecular formula is C19H16N4. The van der Waals surface area contributed by atoms with Crippen LogP contribution in [0.3, 0.4) is 0 Å². The first kappa shape index (κ1) is 13.6. The van der Waals surface area contributed by atoms with E-state index in [2.05, 4.69) is 22.3 Å². The van der Waals surface area contributed by atoms with E-state index in [0.29, 0.717) is 0 Å². The molecule has 0 spiro atoms. The highest BCUT2D eigenvalue weighted by Crippen LogP contribution is 2.30. The van der Waals surface area contributed by atoms with Crippen LogP contribution in [-0.2, 0) is 0 Å². The molecule has 112 valence electrons. The van der Waals surface area contributed by atoms with E-state index in [-0.39, 0.29) is 0 Å². The van der Waals surface area contributed by atoms with E-state index in [4.69, 9.17) is 4.98 Å². The van der Waals surface area contributed by atoms with Crippen LogP contribution in [0.4, 0.5) is 5.82 Å². The molecule has 0 amide bonds. The van der Waals surface area contributed by atoms with Gasteiger partial charge in [0.2, 0.25) is 0 Å². The van der Waals surface area contributed by atoms with E-state index in [9.17, 15) is 0 Å². The van der Waals surface area contributed by atoms with Crippen molar-refractivity contribution in [1.82, 2.24) is 15.2 Å². The first-order chi connectivity index (χ1) is 11.2. The third-order valence-corrected chi connectivity index (χ3v) is 3.92. The van der Waals surface area contributed by atoms with Gasteiger partial charge in [-0.2, -0.15) is 0 Å². The molecule has 4 nitrogen and oxygen atoms in total. The summed E-state index contributed by atoms with van der Waals surface area (Å²) in [6.45, 7) is 0. The molecule has 0 aliphatic carbocycles. The molecule has 0 atom stereocenters. The van der Waals surface area contributed by atoms with E-state index in [1.165, 1.54) is 0 Å². The largest absolute Gasteiger partial charge is 0.362 e. The summed E-state index contributed by atoms with van der Waals surface area (Å²) < 4.78 is 0. The van der Waals surface area contributed by atoms with E-state index in [1.54, 1.807) is 0 Å². The van der Waals surface area contributed by atoms with Crippen molar-refractivity contribution in [2.75, 3.05) is 19.0 Å². The van der Waals surface area contributed by atoms with E-state index >= 15 is 0 Å². The number of benzene rings is 2. The fourth-order valence-corrected chi connectivity index (χ4v) is 2.81. The Bertz CT molecular complexity index is 994. The van der Waals surface area contributed by atoms with Gasteiger partial charge in [0.1, 0.15) is 11.3 Å². The lowest BCUT2D eigenvalue weighted by atomic mass is 10.1. The summed E-state index contributed by atoms with van der Waals surface area (Å²) in [5.41, 5.74) is 3.58. The standard InChI is InChI=1S/C19H16N4/c1-23(2)19-15-11-7-6-10-14(15)18-17(20-19)12-16(21-22-18)13-8-4-3-5-9-13/h3-12H,1-2H3. The third-order valence-electron chi connectivity index (χ3n) is 3.92. The second-order valence-corrected chi connectivity index (χ2v) is 5.70. The number of anilines is 1. The Balaban J connectivity index is 2.04. The van der Waals surface area contributed by atoms with Crippen molar-refractivity contribution in [1.29, 1.82) is 0 Å². The van der Waals surface area contributed by atoms with Gasteiger partial charge >= 0.3 is 0 Å². The molecule has 0 saturated carbocycles. The van der Waals surface area contributed by atoms with Crippen LogP contribution in [0.1, 0.15) is 0 Å². The molecule has 4 rings (SSSR count). The van der Waals surface area contributed by atoms with E-state index in [1.807, 2.05) is 67.5 Å². The van der Waals surface area contributed by atoms with Gasteiger partial charge in [-0.25, -0.2) is 4.98 Å². The number of hydrogen-bond donors (Lipinski definition) is 0. The molecule has 4 aromatic rings. The smallest absolute Gasteiger partial charge is 0.136 e. The van der Waals surface area contributed by atoms with Gasteiger partial charge < -0.3 is 4.90 Å². The Morgan fingerprint density at radius 2 is 1.48 bits per heavy atom. The summed E-state index contributed by atoms with van der Waals surface area (Å²) in [6, 6.07) is 20.3. The molecule has 0 saturated heterocycles. The molecule has 0 aliphatic rings. The Morgan fingerprint density at radius 3 is 2.22 bits per heavy atom. The lowest BCUT2D eigenvalue weighted by molar-refractivity contribution is 1.06. The van der Waals surface area contributed by atoms with E-state index < -0.39 is 0 Å². The quantitative estimate of drug-likeness (QED) is 0.526. The maximum absolute atomic E-state index is 4.81. The molecule has 0 N–H and O–H groups in total. The topological polar surface area (TPSA) is 41.9 Å². The van der Waals surface area contributed by atoms with Crippen LogP contribution < -0.4 is 4.90 Å². The highest BCUT2D eigenvalue weighted by molar-refractivity contribution is 6.08. The average molecular weight is 300 g/mol. The minimum atomic E-state index is 0.839. The van der Waals surface area contributed by atoms with Crippen LogP contribution in [0.25, 0.3) is 33.1 Å². The molecule has 2 aromatic carbocycles. The molecule has 2 aromatic heterocycles. The molecule has 0 fully saturated rings. The highest BCUT2D eigenvalue weighted by atomic mass is 15.2. The Kier molecular flexibility index (Phi) is 3.15. The number of hydrogen-bond acceptors (Lipinski definition) is 4. The summed E-state index contributed by atoms with van der Waals surface area (Å²) in [5, 5.41) is 11.0. The number of aromatic nitrogens is 3. The lowest BCUT2D eigenvalue weighted by Crippen LogP contribution is -2.11. The fraction of sp³-hybridized carbons (Fsp3) is 0.105. The van der Waals surface area contributed by atoms with Crippen LogP contribution >= 0.6 is 0 Å². The molecule has 0 unspecified atom stereocenters. The van der Waals surface area contributed by atoms with E-state index in [0.717, 1.165) is 38.9 Å². The molecule has 0 radical (unpaired) electrons. The van der Waals surface area contributed by atoms with Gasteiger partial charge in [0.25, 0.3) is 0 Å². The first-order valence-corrected chi connectivity index (χ1v) is 7.53. The zero-order valence-corrected chi connectivity index (χ0v) is 13.1. The lowest BCUT2D eigenvalue weighted by Gasteiger charge is -2.15. The van der Waals surface area contributed by atoms with Crippen molar-refractivity contribution in [3.8, 4) is 11.3 Å². The Morgan fingerprint density at radius 1 is 0.783 bits per heavy atom. The van der Waals surface area contributed by atoms with Crippen molar-refractivity contribution in [3.63, 3.8) is 0 Å². The van der Waals surface area contributed by atoms with Gasteiger partial charge in [-0.3, -0.25) is 0 Å². The van der Waals surface area contributed by atoms with Gasteiger partial charge in [-0.1, -0.05) is 54.6 Å². The molecule has 0 aliphatic heterocycles. The maximum atomic E-state index is 4.81. The third kappa shape index (κ3) is 2.28. The zero-order valence-electron chi connectivity index (χ0n) is 13.1. The second-order valence-electron chi connectivity index (χ2n) is 5.70. The van der Waals surface area contributed by atoms with Crippen molar-refractivity contribution in [2.24, 2.45) is 0 Å². The summed E-state index contributed by atoms with van der Waals surface area (Å²) in [6.07, 6.45) is 0. The van der Waals surface area contributed by atoms with Crippen LogP contribution in [0, 0.1) is 0 Å². The predicted octanol–water partition coefficient (Wildman–Crippen LogP) is 3.91. The monoisotopic (exact) mass is 300 g/mol. The number of fused-ring (bicyclic) bond motifs is 3. The highest BCUT2D eigenvalue weighted by Gasteiger charge is 2.12. The van der Waals surface area contributed by atoms with Crippen molar-refractivity contribution in [3.05, 3.63) is 60.7 Å². The minimum absolute atomic E-state index is 0.839. The molecule has 0 bridgehead atoms. The summed E-state index contributed by atoms with van der Waals surface area (Å²) in [5.74, 6) is 0.945. The second kappa shape index (κ2) is 5.32. The minimum Gasteiger partial charge on any atom is -0.362 e. The molecular weight excluding hydrogens is 284 g/mol. The van der Waals surface area contributed by atoms with Crippen LogP contribution in [0.5, 0.6) is 0 Å². The van der Waals surface area contributed by atoms with Crippen molar-refractivity contribution < 1.29 is 0 Å². The normalized spacial score (nSPS) is 11.0. The van der Waals surface area contributed by atoms with Gasteiger partial charge in [0, 0.05) is 30.4 Å². The number of rotatable bonds is 2. The summed E-state index contributed by atoms with van der Waals surface area (Å²) >= 11 is 0. The van der Waals surface area contributed by atoms with Crippen LogP contribution in [0.2, 0.25) is 0 Å². The van der Waals surface area contributed by atoms with Crippen molar-refractivity contribution >= 4 is 27.6 Å². The number of pyridine rings is 1. The van der Waals surface area contributed by atoms with Gasteiger partial charge in [-0.15, -0.1) is 10.2 Å². The summed E-state index contributed by atoms with van der Waals surface area (Å²) in [4.78, 5) is 6.84. The first-order valence-electron chi connectivity index (χ1n) is 7.53. The average Bonchev–Trinajstić information content (AvgIpc) is 2.61. The van der Waals surface area contributed by atoms with Gasteiger partial charge in [0.05, 0.1) is 11.2 Å². The SMILES string of the molecule is CN(C)c1nc2cc(-c3ccccc3)nnc2c2ccccc12. The number of nitrogens with zero attached hydrogens (tertiary/aromatic N) is 4. The fourth-order valence-electron chi connectivity index (χ4n) is 2.81. The summed E-state index contributed by atoms with van der Waals surface area (Å²) in [7, 11) is 4.01. The Labute approximate surface area is 134 Å². The van der Waals surface area contributed by atoms with Crippen molar-refractivity contribution in [2.45, 2.75) is 0 Å². The Hall–Kier alpha value is -3.01. The molecule has 4 heteroatoms.